The Hall–Kier alpha value is -1.12. The summed E-state index contributed by atoms with van der Waals surface area (Å²) in [7, 11) is -4.19. The van der Waals surface area contributed by atoms with Crippen LogP contribution in [0.3, 0.4) is 0 Å². The van der Waals surface area contributed by atoms with Crippen LogP contribution in [0, 0.1) is 17.5 Å². The summed E-state index contributed by atoms with van der Waals surface area (Å²) in [5.74, 6) is -4.89. The van der Waals surface area contributed by atoms with Crippen molar-refractivity contribution in [2.75, 3.05) is 6.54 Å². The van der Waals surface area contributed by atoms with E-state index in [0.29, 0.717) is 25.0 Å². The normalized spacial score (nSPS) is 18.1. The first-order valence-electron chi connectivity index (χ1n) is 5.60. The van der Waals surface area contributed by atoms with E-state index in [4.69, 9.17) is 0 Å². The van der Waals surface area contributed by atoms with Crippen LogP contribution < -0.4 is 4.72 Å². The van der Waals surface area contributed by atoms with Crippen LogP contribution in [0.15, 0.2) is 17.0 Å². The van der Waals surface area contributed by atoms with Gasteiger partial charge in [-0.1, -0.05) is 0 Å². The fraction of sp³-hybridized carbons (Fsp3) is 0.455. The van der Waals surface area contributed by atoms with Crippen molar-refractivity contribution in [2.45, 2.75) is 29.8 Å². The van der Waals surface area contributed by atoms with E-state index in [9.17, 15) is 26.7 Å². The Morgan fingerprint density at radius 3 is 2.16 bits per heavy atom. The minimum atomic E-state index is -4.19. The number of aliphatic hydroxyl groups is 1. The van der Waals surface area contributed by atoms with Crippen LogP contribution in [0.25, 0.3) is 0 Å². The topological polar surface area (TPSA) is 66.4 Å². The zero-order valence-corrected chi connectivity index (χ0v) is 10.6. The fourth-order valence-electron chi connectivity index (χ4n) is 1.76. The molecule has 2 rings (SSSR count). The van der Waals surface area contributed by atoms with Crippen LogP contribution in [0.5, 0.6) is 0 Å². The number of halogens is 3. The summed E-state index contributed by atoms with van der Waals surface area (Å²) in [6.45, 7) is -0.240. The molecule has 1 aliphatic carbocycles. The molecule has 1 fully saturated rings. The van der Waals surface area contributed by atoms with Gasteiger partial charge in [0, 0.05) is 6.54 Å². The van der Waals surface area contributed by atoms with Crippen molar-refractivity contribution in [1.82, 2.24) is 4.72 Å². The van der Waals surface area contributed by atoms with Crippen LogP contribution in [0.1, 0.15) is 19.3 Å². The van der Waals surface area contributed by atoms with E-state index < -0.39 is 38.0 Å². The Bertz CT molecular complexity index is 576. The van der Waals surface area contributed by atoms with Crippen molar-refractivity contribution in [3.05, 3.63) is 29.6 Å². The molecule has 2 N–H and O–H groups in total. The van der Waals surface area contributed by atoms with Crippen LogP contribution in [0.2, 0.25) is 0 Å². The van der Waals surface area contributed by atoms with Gasteiger partial charge in [0.15, 0.2) is 17.5 Å². The SMILES string of the molecule is O=S(=O)(NCC1(O)CCC1)c1cc(F)c(F)c(F)c1. The average Bonchev–Trinajstić information content (AvgIpc) is 2.30. The molecule has 0 unspecified atom stereocenters. The minimum absolute atomic E-state index is 0.240. The van der Waals surface area contributed by atoms with Crippen molar-refractivity contribution in [3.63, 3.8) is 0 Å². The summed E-state index contributed by atoms with van der Waals surface area (Å²) >= 11 is 0. The highest BCUT2D eigenvalue weighted by atomic mass is 32.2. The summed E-state index contributed by atoms with van der Waals surface area (Å²) in [5.41, 5.74) is -1.11. The molecule has 0 aromatic heterocycles. The predicted molar refractivity (Wildman–Crippen MR) is 60.3 cm³/mol. The molecule has 0 saturated heterocycles. The molecule has 1 saturated carbocycles. The molecule has 19 heavy (non-hydrogen) atoms. The number of hydrogen-bond acceptors (Lipinski definition) is 3. The Labute approximate surface area is 108 Å². The molecule has 8 heteroatoms. The molecule has 106 valence electrons. The smallest absolute Gasteiger partial charge is 0.240 e. The first-order valence-corrected chi connectivity index (χ1v) is 7.08. The summed E-state index contributed by atoms with van der Waals surface area (Å²) in [5, 5.41) is 9.74. The van der Waals surface area contributed by atoms with Gasteiger partial charge < -0.3 is 5.11 Å². The lowest BCUT2D eigenvalue weighted by Gasteiger charge is -2.36. The standard InChI is InChI=1S/C11H12F3NO3S/c12-8-4-7(5-9(13)10(8)14)19(17,18)15-6-11(16)2-1-3-11/h4-5,15-16H,1-3,6H2. The third-order valence-electron chi connectivity index (χ3n) is 3.14. The fourth-order valence-corrected chi connectivity index (χ4v) is 2.90. The number of benzene rings is 1. The quantitative estimate of drug-likeness (QED) is 0.823. The highest BCUT2D eigenvalue weighted by Crippen LogP contribution is 2.31. The second kappa shape index (κ2) is 4.77. The summed E-state index contributed by atoms with van der Waals surface area (Å²) in [4.78, 5) is -0.716. The Morgan fingerprint density at radius 2 is 1.74 bits per heavy atom. The third kappa shape index (κ3) is 2.90. The maximum atomic E-state index is 13.0. The maximum Gasteiger partial charge on any atom is 0.240 e. The minimum Gasteiger partial charge on any atom is -0.389 e. The van der Waals surface area contributed by atoms with Crippen molar-refractivity contribution in [2.24, 2.45) is 0 Å². The van der Waals surface area contributed by atoms with Crippen molar-refractivity contribution in [3.8, 4) is 0 Å². The van der Waals surface area contributed by atoms with E-state index in [1.54, 1.807) is 0 Å². The highest BCUT2D eigenvalue weighted by Gasteiger charge is 2.35. The molecule has 1 aromatic rings. The van der Waals surface area contributed by atoms with Crippen molar-refractivity contribution >= 4 is 10.0 Å². The molecular formula is C11H12F3NO3S. The second-order valence-corrected chi connectivity index (χ2v) is 6.37. The predicted octanol–water partition coefficient (Wildman–Crippen LogP) is 1.30. The van der Waals surface area contributed by atoms with Crippen molar-refractivity contribution in [1.29, 1.82) is 0 Å². The van der Waals surface area contributed by atoms with Gasteiger partial charge in [0.25, 0.3) is 0 Å². The molecule has 0 bridgehead atoms. The van der Waals surface area contributed by atoms with Gasteiger partial charge in [0.1, 0.15) is 0 Å². The number of sulfonamides is 1. The van der Waals surface area contributed by atoms with Gasteiger partial charge in [-0.05, 0) is 31.4 Å². The van der Waals surface area contributed by atoms with Crippen LogP contribution in [-0.4, -0.2) is 25.7 Å². The molecule has 0 radical (unpaired) electrons. The molecule has 0 spiro atoms. The summed E-state index contributed by atoms with van der Waals surface area (Å²) < 4.78 is 64.2. The average molecular weight is 295 g/mol. The van der Waals surface area contributed by atoms with Gasteiger partial charge in [0.2, 0.25) is 10.0 Å². The third-order valence-corrected chi connectivity index (χ3v) is 4.52. The Balaban J connectivity index is 2.19. The van der Waals surface area contributed by atoms with Crippen LogP contribution >= 0.6 is 0 Å². The van der Waals surface area contributed by atoms with E-state index >= 15 is 0 Å². The molecule has 0 amide bonds. The lowest BCUT2D eigenvalue weighted by Crippen LogP contribution is -2.47. The Kier molecular flexibility index (Phi) is 3.59. The summed E-state index contributed by atoms with van der Waals surface area (Å²) in [6.07, 6.45) is 1.71. The number of nitrogens with one attached hydrogen (secondary N) is 1. The molecule has 4 nitrogen and oxygen atoms in total. The maximum absolute atomic E-state index is 13.0. The monoisotopic (exact) mass is 295 g/mol. The van der Waals surface area contributed by atoms with Gasteiger partial charge >= 0.3 is 0 Å². The van der Waals surface area contributed by atoms with Crippen LogP contribution in [-0.2, 0) is 10.0 Å². The number of rotatable bonds is 4. The van der Waals surface area contributed by atoms with Gasteiger partial charge in [-0.25, -0.2) is 26.3 Å². The first kappa shape index (κ1) is 14.3. The molecule has 0 heterocycles. The second-order valence-electron chi connectivity index (χ2n) is 4.60. The van der Waals surface area contributed by atoms with Gasteiger partial charge in [-0.3, -0.25) is 0 Å². The largest absolute Gasteiger partial charge is 0.389 e. The lowest BCUT2D eigenvalue weighted by atomic mass is 9.81. The number of hydrogen-bond donors (Lipinski definition) is 2. The molecule has 0 atom stereocenters. The van der Waals surface area contributed by atoms with E-state index in [1.165, 1.54) is 0 Å². The van der Waals surface area contributed by atoms with E-state index in [1.807, 2.05) is 0 Å². The summed E-state index contributed by atoms with van der Waals surface area (Å²) in [6, 6.07) is 0.789. The zero-order valence-electron chi connectivity index (χ0n) is 9.79. The molecular weight excluding hydrogens is 283 g/mol. The van der Waals surface area contributed by atoms with Gasteiger partial charge in [-0.2, -0.15) is 0 Å². The highest BCUT2D eigenvalue weighted by molar-refractivity contribution is 7.89. The van der Waals surface area contributed by atoms with Crippen LogP contribution in [0.4, 0.5) is 13.2 Å². The molecule has 1 aliphatic rings. The van der Waals surface area contributed by atoms with Gasteiger partial charge in [0.05, 0.1) is 10.5 Å². The lowest BCUT2D eigenvalue weighted by molar-refractivity contribution is -0.0270. The first-order chi connectivity index (χ1) is 8.73. The van der Waals surface area contributed by atoms with E-state index in [0.717, 1.165) is 6.42 Å². The zero-order chi connectivity index (χ0) is 14.3. The molecule has 0 aliphatic heterocycles. The van der Waals surface area contributed by atoms with Crippen molar-refractivity contribution < 1.29 is 26.7 Å². The Morgan fingerprint density at radius 1 is 1.21 bits per heavy atom. The van der Waals surface area contributed by atoms with E-state index in [-0.39, 0.29) is 6.54 Å². The molecule has 1 aromatic carbocycles. The van der Waals surface area contributed by atoms with E-state index in [2.05, 4.69) is 4.72 Å². The van der Waals surface area contributed by atoms with Gasteiger partial charge in [-0.15, -0.1) is 0 Å².